The van der Waals surface area contributed by atoms with Crippen molar-refractivity contribution in [1.82, 2.24) is 25.2 Å². The molecule has 4 heterocycles. The molecule has 0 aliphatic carbocycles. The number of hydrogen-bond donors (Lipinski definition) is 2. The topological polar surface area (TPSA) is 113 Å². The molecule has 2 aliphatic rings. The number of carbonyl (C=O) groups excluding carboxylic acids is 2. The number of likely N-dealkylation sites (tertiary alicyclic amines) is 1. The summed E-state index contributed by atoms with van der Waals surface area (Å²) in [6.07, 6.45) is 6.08. The Morgan fingerprint density at radius 3 is 2.56 bits per heavy atom. The van der Waals surface area contributed by atoms with Crippen LogP contribution in [0.15, 0.2) is 42.0 Å². The number of ether oxygens (including phenoxy) is 1. The van der Waals surface area contributed by atoms with Crippen LogP contribution in [-0.2, 0) is 6.54 Å². The number of anilines is 2. The van der Waals surface area contributed by atoms with Gasteiger partial charge in [0.15, 0.2) is 5.13 Å². The number of thiazole rings is 1. The van der Waals surface area contributed by atoms with Gasteiger partial charge in [0.05, 0.1) is 11.3 Å². The third kappa shape index (κ3) is 7.76. The van der Waals surface area contributed by atoms with Gasteiger partial charge in [0.2, 0.25) is 0 Å². The molecule has 12 heteroatoms. The molecule has 2 aliphatic heterocycles. The SMILES string of the molecule is CCCNC(=O)c1cc(CN2CCC(F)CC2)ccc1NC(=O)c1csc(N2CCC(Oc3ncccn3)CC2)n1. The zero-order valence-corrected chi connectivity index (χ0v) is 24.0. The second-order valence-electron chi connectivity index (χ2n) is 10.4. The summed E-state index contributed by atoms with van der Waals surface area (Å²) < 4.78 is 19.4. The first-order valence-electron chi connectivity index (χ1n) is 14.2. The minimum absolute atomic E-state index is 0.0344. The van der Waals surface area contributed by atoms with Crippen LogP contribution < -0.4 is 20.3 Å². The Bertz CT molecular complexity index is 1310. The predicted octanol–water partition coefficient (Wildman–Crippen LogP) is 4.31. The Kier molecular flexibility index (Phi) is 9.73. The molecular weight excluding hydrogens is 545 g/mol. The van der Waals surface area contributed by atoms with Crippen molar-refractivity contribution in [3.63, 3.8) is 0 Å². The molecule has 0 unspecified atom stereocenters. The van der Waals surface area contributed by atoms with Crippen molar-refractivity contribution in [2.75, 3.05) is 42.9 Å². The van der Waals surface area contributed by atoms with Gasteiger partial charge in [-0.25, -0.2) is 19.3 Å². The molecule has 0 bridgehead atoms. The maximum Gasteiger partial charge on any atom is 0.316 e. The van der Waals surface area contributed by atoms with Crippen molar-refractivity contribution in [2.24, 2.45) is 0 Å². The van der Waals surface area contributed by atoms with Gasteiger partial charge in [0, 0.05) is 69.9 Å². The summed E-state index contributed by atoms with van der Waals surface area (Å²) in [6, 6.07) is 7.64. The van der Waals surface area contributed by atoms with E-state index < -0.39 is 6.17 Å². The summed E-state index contributed by atoms with van der Waals surface area (Å²) in [6.45, 7) is 6.03. The number of hydrogen-bond acceptors (Lipinski definition) is 9. The Hall–Kier alpha value is -3.64. The van der Waals surface area contributed by atoms with Crippen LogP contribution in [0.2, 0.25) is 0 Å². The van der Waals surface area contributed by atoms with Gasteiger partial charge in [-0.3, -0.25) is 14.5 Å². The normalized spacial score (nSPS) is 16.9. The summed E-state index contributed by atoms with van der Waals surface area (Å²) in [5.74, 6) is -0.606. The number of benzene rings is 1. The third-order valence-corrected chi connectivity index (χ3v) is 8.19. The van der Waals surface area contributed by atoms with Crippen LogP contribution in [-0.4, -0.2) is 76.7 Å². The molecule has 2 amide bonds. The van der Waals surface area contributed by atoms with Crippen LogP contribution in [0.5, 0.6) is 6.01 Å². The number of nitrogens with one attached hydrogen (secondary N) is 2. The molecule has 2 N–H and O–H groups in total. The fourth-order valence-corrected chi connectivity index (χ4v) is 5.86. The average molecular weight is 582 g/mol. The van der Waals surface area contributed by atoms with Crippen LogP contribution in [0.3, 0.4) is 0 Å². The van der Waals surface area contributed by atoms with Crippen LogP contribution in [0, 0.1) is 0 Å². The van der Waals surface area contributed by atoms with E-state index in [0.29, 0.717) is 62.0 Å². The van der Waals surface area contributed by atoms with Gasteiger partial charge in [-0.1, -0.05) is 13.0 Å². The molecule has 218 valence electrons. The van der Waals surface area contributed by atoms with E-state index in [1.165, 1.54) is 11.3 Å². The summed E-state index contributed by atoms with van der Waals surface area (Å²) in [5, 5.41) is 8.33. The van der Waals surface area contributed by atoms with Crippen LogP contribution >= 0.6 is 11.3 Å². The number of halogens is 1. The second kappa shape index (κ2) is 13.8. The number of amides is 2. The van der Waals surface area contributed by atoms with E-state index in [0.717, 1.165) is 43.0 Å². The fourth-order valence-electron chi connectivity index (χ4n) is 5.00. The predicted molar refractivity (Wildman–Crippen MR) is 156 cm³/mol. The average Bonchev–Trinajstić information content (AvgIpc) is 3.49. The molecule has 0 radical (unpaired) electrons. The maximum atomic E-state index is 13.6. The standard InChI is InChI=1S/C29H36FN7O3S/c1-2-10-31-26(38)23-17-20(18-36-13-6-21(30)7-14-36)4-5-24(23)34-27(39)25-19-41-29(35-25)37-15-8-22(9-16-37)40-28-32-11-3-12-33-28/h3-5,11-12,17,19,21-22H,2,6-10,13-16,18H2,1H3,(H,31,38)(H,34,39). The number of piperidine rings is 2. The molecule has 0 saturated carbocycles. The highest BCUT2D eigenvalue weighted by molar-refractivity contribution is 7.14. The molecule has 3 aromatic rings. The van der Waals surface area contributed by atoms with Crippen molar-refractivity contribution in [1.29, 1.82) is 0 Å². The van der Waals surface area contributed by atoms with Gasteiger partial charge < -0.3 is 20.3 Å². The Labute approximate surface area is 243 Å². The number of carbonyl (C=O) groups is 2. The molecule has 10 nitrogen and oxygen atoms in total. The zero-order valence-electron chi connectivity index (χ0n) is 23.2. The van der Waals surface area contributed by atoms with Crippen molar-refractivity contribution < 1.29 is 18.7 Å². The molecule has 2 saturated heterocycles. The van der Waals surface area contributed by atoms with Gasteiger partial charge in [0.25, 0.3) is 11.8 Å². The van der Waals surface area contributed by atoms with Crippen molar-refractivity contribution >= 4 is 34.0 Å². The molecule has 2 aromatic heterocycles. The smallest absolute Gasteiger partial charge is 0.316 e. The lowest BCUT2D eigenvalue weighted by atomic mass is 10.0. The first-order chi connectivity index (χ1) is 20.0. The van der Waals surface area contributed by atoms with E-state index in [1.54, 1.807) is 29.9 Å². The van der Waals surface area contributed by atoms with Gasteiger partial charge in [-0.15, -0.1) is 11.3 Å². The Morgan fingerprint density at radius 2 is 1.83 bits per heavy atom. The molecule has 5 rings (SSSR count). The van der Waals surface area contributed by atoms with Crippen LogP contribution in [0.1, 0.15) is 65.4 Å². The lowest BCUT2D eigenvalue weighted by molar-refractivity contribution is 0.0954. The monoisotopic (exact) mass is 581 g/mol. The third-order valence-electron chi connectivity index (χ3n) is 7.29. The van der Waals surface area contributed by atoms with E-state index in [2.05, 4.69) is 35.4 Å². The highest BCUT2D eigenvalue weighted by Gasteiger charge is 2.25. The van der Waals surface area contributed by atoms with Crippen molar-refractivity contribution in [2.45, 2.75) is 57.8 Å². The first-order valence-corrected chi connectivity index (χ1v) is 15.1. The second-order valence-corrected chi connectivity index (χ2v) is 11.2. The van der Waals surface area contributed by atoms with Gasteiger partial charge in [0.1, 0.15) is 18.0 Å². The van der Waals surface area contributed by atoms with E-state index in [-0.39, 0.29) is 17.9 Å². The lowest BCUT2D eigenvalue weighted by Gasteiger charge is -2.31. The summed E-state index contributed by atoms with van der Waals surface area (Å²) in [7, 11) is 0. The molecule has 0 spiro atoms. The Balaban J connectivity index is 1.21. The van der Waals surface area contributed by atoms with Gasteiger partial charge in [-0.05, 0) is 43.0 Å². The minimum atomic E-state index is -0.735. The van der Waals surface area contributed by atoms with Crippen LogP contribution in [0.25, 0.3) is 0 Å². The lowest BCUT2D eigenvalue weighted by Crippen LogP contribution is -2.38. The number of aromatic nitrogens is 3. The molecule has 1 aromatic carbocycles. The largest absolute Gasteiger partial charge is 0.460 e. The summed E-state index contributed by atoms with van der Waals surface area (Å²) >= 11 is 1.42. The van der Waals surface area contributed by atoms with E-state index in [4.69, 9.17) is 4.74 Å². The number of rotatable bonds is 10. The van der Waals surface area contributed by atoms with E-state index in [9.17, 15) is 14.0 Å². The molecule has 0 atom stereocenters. The molecule has 2 fully saturated rings. The molecule has 41 heavy (non-hydrogen) atoms. The number of alkyl halides is 1. The van der Waals surface area contributed by atoms with Crippen molar-refractivity contribution in [3.8, 4) is 6.01 Å². The first kappa shape index (κ1) is 28.9. The van der Waals surface area contributed by atoms with E-state index in [1.807, 2.05) is 19.1 Å². The highest BCUT2D eigenvalue weighted by Crippen LogP contribution is 2.27. The van der Waals surface area contributed by atoms with Gasteiger partial charge >= 0.3 is 6.01 Å². The van der Waals surface area contributed by atoms with Crippen molar-refractivity contribution in [3.05, 3.63) is 58.9 Å². The fraction of sp³-hybridized carbons (Fsp3) is 0.483. The Morgan fingerprint density at radius 1 is 1.07 bits per heavy atom. The van der Waals surface area contributed by atoms with Gasteiger partial charge in [-0.2, -0.15) is 0 Å². The minimum Gasteiger partial charge on any atom is -0.460 e. The summed E-state index contributed by atoms with van der Waals surface area (Å²) in [4.78, 5) is 43.4. The quantitative estimate of drug-likeness (QED) is 0.364. The van der Waals surface area contributed by atoms with Crippen LogP contribution in [0.4, 0.5) is 15.2 Å². The number of nitrogens with zero attached hydrogens (tertiary/aromatic N) is 5. The summed E-state index contributed by atoms with van der Waals surface area (Å²) in [5.41, 5.74) is 2.10. The zero-order chi connectivity index (χ0) is 28.6. The van der Waals surface area contributed by atoms with E-state index >= 15 is 0 Å². The highest BCUT2D eigenvalue weighted by atomic mass is 32.1. The molecular formula is C29H36FN7O3S. The maximum absolute atomic E-state index is 13.6.